The van der Waals surface area contributed by atoms with E-state index >= 15 is 0 Å². The molecule has 0 spiro atoms. The van der Waals surface area contributed by atoms with Gasteiger partial charge >= 0.3 is 0 Å². The summed E-state index contributed by atoms with van der Waals surface area (Å²) in [6.07, 6.45) is 2.90. The minimum atomic E-state index is -0.981. The van der Waals surface area contributed by atoms with Crippen molar-refractivity contribution in [2.75, 3.05) is 13.2 Å². The van der Waals surface area contributed by atoms with Gasteiger partial charge in [-0.15, -0.1) is 0 Å². The maximum Gasteiger partial charge on any atom is 0.157 e. The first-order valence-electron chi connectivity index (χ1n) is 7.43. The molecule has 0 N–H and O–H groups in total. The molecule has 1 aliphatic carbocycles. The third-order valence-corrected chi connectivity index (χ3v) is 3.94. The van der Waals surface area contributed by atoms with Crippen molar-refractivity contribution < 1.29 is 23.9 Å². The molecule has 0 aromatic rings. The van der Waals surface area contributed by atoms with E-state index in [1.807, 2.05) is 6.92 Å². The number of carbonyl (C=O) groups excluding carboxylic acids is 3. The number of ether oxygens (including phenoxy) is 2. The minimum Gasteiger partial charge on any atom is -0.350 e. The van der Waals surface area contributed by atoms with Crippen LogP contribution in [-0.4, -0.2) is 36.9 Å². The van der Waals surface area contributed by atoms with E-state index in [1.54, 1.807) is 0 Å². The lowest BCUT2D eigenvalue weighted by molar-refractivity contribution is -0.144. The molecule has 0 aromatic heterocycles. The Labute approximate surface area is 119 Å². The van der Waals surface area contributed by atoms with E-state index in [1.165, 1.54) is 0 Å². The number of ketones is 3. The van der Waals surface area contributed by atoms with Crippen LogP contribution in [0.2, 0.25) is 0 Å². The van der Waals surface area contributed by atoms with Crippen LogP contribution < -0.4 is 0 Å². The van der Waals surface area contributed by atoms with Crippen LogP contribution in [0.25, 0.3) is 0 Å². The van der Waals surface area contributed by atoms with Crippen molar-refractivity contribution in [3.8, 4) is 0 Å². The number of carbonyl (C=O) groups is 3. The molecule has 1 saturated carbocycles. The zero-order chi connectivity index (χ0) is 14.5. The van der Waals surface area contributed by atoms with Crippen molar-refractivity contribution in [3.05, 3.63) is 0 Å². The summed E-state index contributed by atoms with van der Waals surface area (Å²) in [5, 5.41) is 0. The van der Waals surface area contributed by atoms with Gasteiger partial charge in [0, 0.05) is 19.3 Å². The largest absolute Gasteiger partial charge is 0.350 e. The molecule has 5 heteroatoms. The molecule has 1 heterocycles. The molecule has 0 bridgehead atoms. The Morgan fingerprint density at radius 3 is 2.25 bits per heavy atom. The van der Waals surface area contributed by atoms with Crippen molar-refractivity contribution in [2.24, 2.45) is 11.8 Å². The summed E-state index contributed by atoms with van der Waals surface area (Å²) < 4.78 is 10.7. The van der Waals surface area contributed by atoms with Crippen molar-refractivity contribution in [1.82, 2.24) is 0 Å². The molecule has 0 amide bonds. The molecular formula is C15H22O5. The average molecular weight is 282 g/mol. The van der Waals surface area contributed by atoms with Gasteiger partial charge in [0.25, 0.3) is 0 Å². The third-order valence-electron chi connectivity index (χ3n) is 3.94. The molecule has 0 unspecified atom stereocenters. The van der Waals surface area contributed by atoms with Gasteiger partial charge in [0.1, 0.15) is 5.92 Å². The number of rotatable bonds is 6. The first-order chi connectivity index (χ1) is 9.61. The second-order valence-corrected chi connectivity index (χ2v) is 5.60. The lowest BCUT2D eigenvalue weighted by Crippen LogP contribution is -2.38. The summed E-state index contributed by atoms with van der Waals surface area (Å²) in [4.78, 5) is 35.9. The maximum atomic E-state index is 12.0. The van der Waals surface area contributed by atoms with Gasteiger partial charge < -0.3 is 9.47 Å². The zero-order valence-corrected chi connectivity index (χ0v) is 11.9. The van der Waals surface area contributed by atoms with Gasteiger partial charge in [-0.25, -0.2) is 0 Å². The van der Waals surface area contributed by atoms with Gasteiger partial charge in [0.05, 0.1) is 13.2 Å². The van der Waals surface area contributed by atoms with Crippen LogP contribution >= 0.6 is 0 Å². The molecule has 2 aliphatic rings. The Hall–Kier alpha value is -1.07. The van der Waals surface area contributed by atoms with Crippen molar-refractivity contribution in [1.29, 1.82) is 0 Å². The van der Waals surface area contributed by atoms with Crippen molar-refractivity contribution in [3.63, 3.8) is 0 Å². The van der Waals surface area contributed by atoms with E-state index in [0.29, 0.717) is 45.3 Å². The molecule has 5 nitrogen and oxygen atoms in total. The smallest absolute Gasteiger partial charge is 0.157 e. The molecule has 2 fully saturated rings. The Morgan fingerprint density at radius 1 is 1.10 bits per heavy atom. The number of hydrogen-bond acceptors (Lipinski definition) is 5. The molecule has 0 atom stereocenters. The molecule has 2 rings (SSSR count). The molecule has 0 radical (unpaired) electrons. The lowest BCUT2D eigenvalue weighted by Gasteiger charge is -2.26. The predicted octanol–water partition coefficient (Wildman–Crippen LogP) is 1.67. The van der Waals surface area contributed by atoms with Gasteiger partial charge in [-0.3, -0.25) is 14.4 Å². The minimum absolute atomic E-state index is 0.0356. The van der Waals surface area contributed by atoms with E-state index in [4.69, 9.17) is 9.47 Å². The van der Waals surface area contributed by atoms with E-state index < -0.39 is 5.92 Å². The fraction of sp³-hybridized carbons (Fsp3) is 0.800. The summed E-state index contributed by atoms with van der Waals surface area (Å²) in [7, 11) is 0. The highest BCUT2D eigenvalue weighted by atomic mass is 16.7. The fourth-order valence-corrected chi connectivity index (χ4v) is 2.96. The van der Waals surface area contributed by atoms with Crippen LogP contribution in [-0.2, 0) is 23.9 Å². The van der Waals surface area contributed by atoms with Crippen molar-refractivity contribution >= 4 is 17.3 Å². The van der Waals surface area contributed by atoms with Crippen LogP contribution in [0.3, 0.4) is 0 Å². The summed E-state index contributed by atoms with van der Waals surface area (Å²) >= 11 is 0. The monoisotopic (exact) mass is 282 g/mol. The highest BCUT2D eigenvalue weighted by molar-refractivity contribution is 6.20. The molecule has 1 aliphatic heterocycles. The van der Waals surface area contributed by atoms with Crippen LogP contribution in [0, 0.1) is 11.8 Å². The quantitative estimate of drug-likeness (QED) is 0.693. The van der Waals surface area contributed by atoms with Crippen LogP contribution in [0.5, 0.6) is 0 Å². The molecule has 1 saturated heterocycles. The summed E-state index contributed by atoms with van der Waals surface area (Å²) in [6, 6.07) is 0. The normalized spacial score (nSPS) is 28.1. The van der Waals surface area contributed by atoms with Gasteiger partial charge in [0.2, 0.25) is 0 Å². The third kappa shape index (κ3) is 3.73. The Kier molecular flexibility index (Phi) is 5.43. The van der Waals surface area contributed by atoms with Gasteiger partial charge in [-0.2, -0.15) is 0 Å². The first kappa shape index (κ1) is 15.3. The van der Waals surface area contributed by atoms with Gasteiger partial charge in [-0.05, 0) is 25.2 Å². The lowest BCUT2D eigenvalue weighted by atomic mass is 9.76. The number of Topliss-reactive ketones (excluding diaryl/α,β-unsaturated/α-hetero) is 3. The molecule has 112 valence electrons. The SMILES string of the molecule is CCCC(=O)C1C(=O)CC(CCC2OCCO2)CC1=O. The second kappa shape index (κ2) is 7.09. The Balaban J connectivity index is 1.83. The fourth-order valence-electron chi connectivity index (χ4n) is 2.96. The Morgan fingerprint density at radius 2 is 1.70 bits per heavy atom. The predicted molar refractivity (Wildman–Crippen MR) is 71.1 cm³/mol. The molecular weight excluding hydrogens is 260 g/mol. The summed E-state index contributed by atoms with van der Waals surface area (Å²) in [6.45, 7) is 3.10. The van der Waals surface area contributed by atoms with E-state index in [0.717, 1.165) is 6.42 Å². The second-order valence-electron chi connectivity index (χ2n) is 5.60. The Bertz CT molecular complexity index is 366. The molecule has 20 heavy (non-hydrogen) atoms. The van der Waals surface area contributed by atoms with Crippen LogP contribution in [0.4, 0.5) is 0 Å². The van der Waals surface area contributed by atoms with E-state index in [9.17, 15) is 14.4 Å². The maximum absolute atomic E-state index is 12.0. The van der Waals surface area contributed by atoms with Crippen molar-refractivity contribution in [2.45, 2.75) is 51.7 Å². The highest BCUT2D eigenvalue weighted by Crippen LogP contribution is 2.29. The first-order valence-corrected chi connectivity index (χ1v) is 7.43. The highest BCUT2D eigenvalue weighted by Gasteiger charge is 2.39. The standard InChI is InChI=1S/C15H22O5/c1-2-3-11(16)15-12(17)8-10(9-13(15)18)4-5-14-19-6-7-20-14/h10,14-15H,2-9H2,1H3. The topological polar surface area (TPSA) is 69.7 Å². The summed E-state index contributed by atoms with van der Waals surface area (Å²) in [5.41, 5.74) is 0. The number of hydrogen-bond donors (Lipinski definition) is 0. The zero-order valence-electron chi connectivity index (χ0n) is 11.9. The van der Waals surface area contributed by atoms with E-state index in [2.05, 4.69) is 0 Å². The summed E-state index contributed by atoms with van der Waals surface area (Å²) in [5.74, 6) is -1.54. The van der Waals surface area contributed by atoms with Gasteiger partial charge in [0.15, 0.2) is 23.6 Å². The van der Waals surface area contributed by atoms with Crippen LogP contribution in [0.1, 0.15) is 45.4 Å². The molecule has 0 aromatic carbocycles. The van der Waals surface area contributed by atoms with Crippen LogP contribution in [0.15, 0.2) is 0 Å². The van der Waals surface area contributed by atoms with Gasteiger partial charge in [-0.1, -0.05) is 6.92 Å². The average Bonchev–Trinajstić information content (AvgIpc) is 2.89. The van der Waals surface area contributed by atoms with E-state index in [-0.39, 0.29) is 29.6 Å².